The minimum atomic E-state index is -0.334. The van der Waals surface area contributed by atoms with Gasteiger partial charge < -0.3 is 24.3 Å². The van der Waals surface area contributed by atoms with E-state index in [9.17, 15) is 4.79 Å². The smallest absolute Gasteiger partial charge is 0.332 e. The lowest BCUT2D eigenvalue weighted by molar-refractivity contribution is -0.148. The first-order chi connectivity index (χ1) is 9.81. The summed E-state index contributed by atoms with van der Waals surface area (Å²) in [6.45, 7) is 4.16. The first-order valence-corrected chi connectivity index (χ1v) is 6.63. The van der Waals surface area contributed by atoms with E-state index in [1.54, 1.807) is 6.92 Å². The van der Waals surface area contributed by atoms with Crippen molar-refractivity contribution in [3.05, 3.63) is 23.8 Å². The van der Waals surface area contributed by atoms with Crippen LogP contribution in [0.5, 0.6) is 11.5 Å². The molecule has 0 fully saturated rings. The summed E-state index contributed by atoms with van der Waals surface area (Å²) in [4.78, 5) is 11.0. The molecule has 1 N–H and O–H groups in total. The van der Waals surface area contributed by atoms with Gasteiger partial charge in [-0.15, -0.1) is 0 Å². The van der Waals surface area contributed by atoms with Crippen LogP contribution in [0.25, 0.3) is 0 Å². The summed E-state index contributed by atoms with van der Waals surface area (Å²) in [6, 6.07) is 5.80. The van der Waals surface area contributed by atoms with Gasteiger partial charge in [0.05, 0.1) is 13.2 Å². The second-order valence-electron chi connectivity index (χ2n) is 4.19. The number of para-hydroxylation sites is 1. The van der Waals surface area contributed by atoms with Crippen LogP contribution >= 0.6 is 0 Å². The Kier molecular flexibility index (Phi) is 5.64. The van der Waals surface area contributed by atoms with Crippen LogP contribution in [-0.4, -0.2) is 39.1 Å². The van der Waals surface area contributed by atoms with E-state index >= 15 is 0 Å². The van der Waals surface area contributed by atoms with Gasteiger partial charge in [-0.1, -0.05) is 12.1 Å². The molecule has 0 bridgehead atoms. The van der Waals surface area contributed by atoms with Gasteiger partial charge in [0.15, 0.2) is 11.5 Å². The molecule has 0 saturated carbocycles. The normalized spacial score (nSPS) is 12.4. The van der Waals surface area contributed by atoms with Crippen LogP contribution in [0, 0.1) is 0 Å². The molecule has 0 atom stereocenters. The van der Waals surface area contributed by atoms with Gasteiger partial charge in [0.1, 0.15) is 6.61 Å². The van der Waals surface area contributed by atoms with Gasteiger partial charge in [-0.25, -0.2) is 4.79 Å². The Morgan fingerprint density at radius 1 is 1.40 bits per heavy atom. The van der Waals surface area contributed by atoms with E-state index in [1.807, 2.05) is 18.2 Å². The summed E-state index contributed by atoms with van der Waals surface area (Å²) in [5.74, 6) is 1.24. The van der Waals surface area contributed by atoms with Gasteiger partial charge in [0.25, 0.3) is 0 Å². The van der Waals surface area contributed by atoms with Crippen molar-refractivity contribution in [2.24, 2.45) is 0 Å². The van der Waals surface area contributed by atoms with Crippen LogP contribution in [-0.2, 0) is 20.8 Å². The van der Waals surface area contributed by atoms with Gasteiger partial charge in [-0.2, -0.15) is 0 Å². The fourth-order valence-electron chi connectivity index (χ4n) is 1.86. The summed E-state index contributed by atoms with van der Waals surface area (Å²) >= 11 is 0. The minimum Gasteiger partial charge on any atom is -0.464 e. The SMILES string of the molecule is CCOC(=O)COCCNCc1cccc2c1OCO2. The third kappa shape index (κ3) is 4.11. The first-order valence-electron chi connectivity index (χ1n) is 6.63. The highest BCUT2D eigenvalue weighted by atomic mass is 16.7. The molecule has 1 heterocycles. The van der Waals surface area contributed by atoms with Gasteiger partial charge >= 0.3 is 5.97 Å². The van der Waals surface area contributed by atoms with Crippen molar-refractivity contribution >= 4 is 5.97 Å². The number of fused-ring (bicyclic) bond motifs is 1. The molecule has 0 saturated heterocycles. The number of hydrogen-bond acceptors (Lipinski definition) is 6. The van der Waals surface area contributed by atoms with Gasteiger partial charge in [-0.05, 0) is 13.0 Å². The Morgan fingerprint density at radius 3 is 3.15 bits per heavy atom. The Labute approximate surface area is 118 Å². The number of esters is 1. The molecule has 0 amide bonds. The summed E-state index contributed by atoms with van der Waals surface area (Å²) in [5.41, 5.74) is 1.05. The molecule has 1 aromatic carbocycles. The molecule has 0 aromatic heterocycles. The molecule has 1 aromatic rings. The van der Waals surface area contributed by atoms with Gasteiger partial charge in [0.2, 0.25) is 6.79 Å². The van der Waals surface area contributed by atoms with Crippen LogP contribution in [0.15, 0.2) is 18.2 Å². The molecule has 0 unspecified atom stereocenters. The summed E-state index contributed by atoms with van der Waals surface area (Å²) in [5, 5.41) is 3.22. The molecule has 6 nitrogen and oxygen atoms in total. The zero-order valence-electron chi connectivity index (χ0n) is 11.5. The Morgan fingerprint density at radius 2 is 2.30 bits per heavy atom. The second kappa shape index (κ2) is 7.72. The predicted octanol–water partition coefficient (Wildman–Crippen LogP) is 1.08. The molecule has 1 aliphatic rings. The molecule has 110 valence electrons. The highest BCUT2D eigenvalue weighted by Crippen LogP contribution is 2.35. The lowest BCUT2D eigenvalue weighted by atomic mass is 10.2. The van der Waals surface area contributed by atoms with Crippen molar-refractivity contribution < 1.29 is 23.7 Å². The molecule has 0 spiro atoms. The molecule has 0 radical (unpaired) electrons. The quantitative estimate of drug-likeness (QED) is 0.568. The van der Waals surface area contributed by atoms with Crippen molar-refractivity contribution in [2.45, 2.75) is 13.5 Å². The monoisotopic (exact) mass is 281 g/mol. The van der Waals surface area contributed by atoms with E-state index in [0.717, 1.165) is 17.1 Å². The van der Waals surface area contributed by atoms with Crippen LogP contribution in [0.4, 0.5) is 0 Å². The summed E-state index contributed by atoms with van der Waals surface area (Å²) < 4.78 is 20.7. The van der Waals surface area contributed by atoms with Crippen LogP contribution in [0.1, 0.15) is 12.5 Å². The lowest BCUT2D eigenvalue weighted by Crippen LogP contribution is -2.22. The summed E-state index contributed by atoms with van der Waals surface area (Å²) in [7, 11) is 0. The highest BCUT2D eigenvalue weighted by molar-refractivity contribution is 5.70. The zero-order valence-corrected chi connectivity index (χ0v) is 11.5. The number of nitrogens with one attached hydrogen (secondary N) is 1. The van der Waals surface area contributed by atoms with Crippen molar-refractivity contribution in [3.63, 3.8) is 0 Å². The van der Waals surface area contributed by atoms with E-state index in [0.29, 0.717) is 26.3 Å². The molecule has 0 aliphatic carbocycles. The van der Waals surface area contributed by atoms with Crippen molar-refractivity contribution in [1.29, 1.82) is 0 Å². The van der Waals surface area contributed by atoms with E-state index in [1.165, 1.54) is 0 Å². The maximum absolute atomic E-state index is 11.0. The van der Waals surface area contributed by atoms with E-state index in [2.05, 4.69) is 5.32 Å². The van der Waals surface area contributed by atoms with Crippen LogP contribution in [0.2, 0.25) is 0 Å². The average molecular weight is 281 g/mol. The maximum Gasteiger partial charge on any atom is 0.332 e. The Hall–Kier alpha value is -1.79. The van der Waals surface area contributed by atoms with Gasteiger partial charge in [0, 0.05) is 18.7 Å². The third-order valence-corrected chi connectivity index (χ3v) is 2.74. The lowest BCUT2D eigenvalue weighted by Gasteiger charge is -2.08. The largest absolute Gasteiger partial charge is 0.464 e. The Bertz CT molecular complexity index is 449. The Balaban J connectivity index is 1.62. The van der Waals surface area contributed by atoms with Crippen LogP contribution in [0.3, 0.4) is 0 Å². The number of carbonyl (C=O) groups is 1. The molecular formula is C14H19NO5. The molecule has 6 heteroatoms. The van der Waals surface area contributed by atoms with Gasteiger partial charge in [-0.3, -0.25) is 0 Å². The number of hydrogen-bond donors (Lipinski definition) is 1. The van der Waals surface area contributed by atoms with Crippen LogP contribution < -0.4 is 14.8 Å². The molecule has 1 aliphatic heterocycles. The second-order valence-corrected chi connectivity index (χ2v) is 4.19. The third-order valence-electron chi connectivity index (χ3n) is 2.74. The fraction of sp³-hybridized carbons (Fsp3) is 0.500. The predicted molar refractivity (Wildman–Crippen MR) is 71.7 cm³/mol. The van der Waals surface area contributed by atoms with Crippen molar-refractivity contribution in [3.8, 4) is 11.5 Å². The highest BCUT2D eigenvalue weighted by Gasteiger charge is 2.16. The minimum absolute atomic E-state index is 0.00674. The number of rotatable bonds is 8. The average Bonchev–Trinajstić information content (AvgIpc) is 2.92. The molecular weight excluding hydrogens is 262 g/mol. The number of benzene rings is 1. The number of carbonyl (C=O) groups excluding carboxylic acids is 1. The van der Waals surface area contributed by atoms with E-state index in [-0.39, 0.29) is 19.4 Å². The number of ether oxygens (including phenoxy) is 4. The van der Waals surface area contributed by atoms with Crippen molar-refractivity contribution in [1.82, 2.24) is 5.32 Å². The maximum atomic E-state index is 11.0. The van der Waals surface area contributed by atoms with E-state index in [4.69, 9.17) is 18.9 Å². The van der Waals surface area contributed by atoms with Crippen molar-refractivity contribution in [2.75, 3.05) is 33.2 Å². The topological polar surface area (TPSA) is 66.0 Å². The molecule has 2 rings (SSSR count). The zero-order chi connectivity index (χ0) is 14.2. The summed E-state index contributed by atoms with van der Waals surface area (Å²) in [6.07, 6.45) is 0. The first kappa shape index (κ1) is 14.6. The standard InChI is InChI=1S/C14H19NO5/c1-2-18-13(16)9-17-7-6-15-8-11-4-3-5-12-14(11)20-10-19-12/h3-5,15H,2,6-10H2,1H3. The molecule has 20 heavy (non-hydrogen) atoms. The van der Waals surface area contributed by atoms with E-state index < -0.39 is 0 Å². The fourth-order valence-corrected chi connectivity index (χ4v) is 1.86.